The van der Waals surface area contributed by atoms with Crippen molar-refractivity contribution in [2.75, 3.05) is 5.32 Å². The van der Waals surface area contributed by atoms with E-state index in [1.54, 1.807) is 18.3 Å². The molecular weight excluding hydrogens is 475 g/mol. The first-order valence-electron chi connectivity index (χ1n) is 12.4. The minimum atomic E-state index is -1.08. The largest absolute Gasteiger partial charge is 0.390 e. The Morgan fingerprint density at radius 2 is 1.97 bits per heavy atom. The number of benzene rings is 1. The van der Waals surface area contributed by atoms with Crippen LogP contribution < -0.4 is 5.32 Å². The fourth-order valence-electron chi connectivity index (χ4n) is 5.14. The van der Waals surface area contributed by atoms with E-state index >= 15 is 4.39 Å². The number of halogens is 1. The molecule has 2 aliphatic heterocycles. The molecule has 3 aromatic rings. The SMILES string of the molecule is CC(C)=CC1CCC2OC(CC(O)C2O)c2ccncc2NC(=O)c2ccnc(n2)-c2c(F)cccc21. The highest BCUT2D eigenvalue weighted by Gasteiger charge is 2.38. The first-order valence-corrected chi connectivity index (χ1v) is 12.4. The van der Waals surface area contributed by atoms with Crippen LogP contribution in [-0.2, 0) is 4.74 Å². The average molecular weight is 505 g/mol. The Morgan fingerprint density at radius 3 is 2.78 bits per heavy atom. The molecule has 2 aliphatic rings. The van der Waals surface area contributed by atoms with Crippen LogP contribution in [0.25, 0.3) is 11.4 Å². The Kier molecular flexibility index (Phi) is 7.10. The van der Waals surface area contributed by atoms with Gasteiger partial charge in [0.15, 0.2) is 5.82 Å². The second kappa shape index (κ2) is 10.5. The molecule has 37 heavy (non-hydrogen) atoms. The Labute approximate surface area is 214 Å². The van der Waals surface area contributed by atoms with Crippen molar-refractivity contribution in [3.05, 3.63) is 83.2 Å². The molecule has 2 aromatic heterocycles. The van der Waals surface area contributed by atoms with Crippen molar-refractivity contribution < 1.29 is 24.1 Å². The number of nitrogens with one attached hydrogen (secondary N) is 1. The van der Waals surface area contributed by atoms with Crippen LogP contribution in [0.5, 0.6) is 0 Å². The minimum absolute atomic E-state index is 0.0699. The first-order chi connectivity index (χ1) is 17.8. The van der Waals surface area contributed by atoms with Crippen LogP contribution in [0.1, 0.15) is 66.7 Å². The van der Waals surface area contributed by atoms with Gasteiger partial charge >= 0.3 is 0 Å². The summed E-state index contributed by atoms with van der Waals surface area (Å²) in [6.07, 6.45) is 4.32. The molecule has 192 valence electrons. The third-order valence-corrected chi connectivity index (χ3v) is 6.87. The Morgan fingerprint density at radius 1 is 1.14 bits per heavy atom. The van der Waals surface area contributed by atoms with Gasteiger partial charge in [-0.3, -0.25) is 9.78 Å². The zero-order chi connectivity index (χ0) is 26.1. The number of fused-ring (bicyclic) bond motifs is 8. The fraction of sp³-hybridized carbons (Fsp3) is 0.357. The third-order valence-electron chi connectivity index (χ3n) is 6.87. The maximum absolute atomic E-state index is 15.3. The number of anilines is 1. The van der Waals surface area contributed by atoms with E-state index in [0.29, 0.717) is 29.7 Å². The van der Waals surface area contributed by atoms with E-state index in [9.17, 15) is 15.0 Å². The number of aromatic nitrogens is 3. The van der Waals surface area contributed by atoms with Gasteiger partial charge in [-0.15, -0.1) is 0 Å². The summed E-state index contributed by atoms with van der Waals surface area (Å²) in [5.74, 6) is -1.14. The quantitative estimate of drug-likeness (QED) is 0.423. The molecule has 1 aromatic carbocycles. The van der Waals surface area contributed by atoms with E-state index in [2.05, 4.69) is 20.3 Å². The summed E-state index contributed by atoms with van der Waals surface area (Å²) in [5.41, 5.74) is 3.04. The molecule has 0 aliphatic carbocycles. The van der Waals surface area contributed by atoms with Crippen molar-refractivity contribution in [2.45, 2.75) is 63.4 Å². The van der Waals surface area contributed by atoms with E-state index < -0.39 is 36.1 Å². The van der Waals surface area contributed by atoms with E-state index in [1.807, 2.05) is 26.0 Å². The second-order valence-corrected chi connectivity index (χ2v) is 9.77. The van der Waals surface area contributed by atoms with Crippen molar-refractivity contribution in [3.8, 4) is 11.4 Å². The van der Waals surface area contributed by atoms with Gasteiger partial charge in [0.05, 0.1) is 35.8 Å². The molecule has 4 heterocycles. The summed E-state index contributed by atoms with van der Waals surface area (Å²) in [7, 11) is 0. The highest BCUT2D eigenvalue weighted by atomic mass is 19.1. The summed E-state index contributed by atoms with van der Waals surface area (Å²) >= 11 is 0. The van der Waals surface area contributed by atoms with Crippen LogP contribution in [0.2, 0.25) is 0 Å². The molecule has 0 saturated carbocycles. The van der Waals surface area contributed by atoms with Crippen LogP contribution in [0, 0.1) is 5.82 Å². The number of ether oxygens (including phenoxy) is 1. The van der Waals surface area contributed by atoms with Crippen molar-refractivity contribution in [3.63, 3.8) is 0 Å². The molecule has 0 spiro atoms. The average Bonchev–Trinajstić information content (AvgIpc) is 2.88. The Hall–Kier alpha value is -3.53. The molecule has 3 N–H and O–H groups in total. The molecule has 4 bridgehead atoms. The normalized spacial score (nSPS) is 25.5. The maximum Gasteiger partial charge on any atom is 0.274 e. The first kappa shape index (κ1) is 25.1. The Balaban J connectivity index is 1.68. The number of aliphatic hydroxyl groups is 2. The number of hydrogen-bond donors (Lipinski definition) is 3. The van der Waals surface area contributed by atoms with Gasteiger partial charge in [-0.05, 0) is 50.5 Å². The van der Waals surface area contributed by atoms with Gasteiger partial charge in [-0.1, -0.05) is 23.8 Å². The van der Waals surface area contributed by atoms with Crippen molar-refractivity contribution in [2.24, 2.45) is 0 Å². The second-order valence-electron chi connectivity index (χ2n) is 9.77. The van der Waals surface area contributed by atoms with Gasteiger partial charge in [0.2, 0.25) is 0 Å². The lowest BCUT2D eigenvalue weighted by atomic mass is 9.85. The molecule has 9 heteroatoms. The van der Waals surface area contributed by atoms with Crippen LogP contribution in [0.4, 0.5) is 10.1 Å². The van der Waals surface area contributed by atoms with E-state index in [-0.39, 0.29) is 29.4 Å². The van der Waals surface area contributed by atoms with E-state index in [0.717, 1.165) is 5.57 Å². The topological polar surface area (TPSA) is 117 Å². The van der Waals surface area contributed by atoms with Gasteiger partial charge < -0.3 is 20.3 Å². The number of rotatable bonds is 1. The van der Waals surface area contributed by atoms with Crippen molar-refractivity contribution >= 4 is 11.6 Å². The Bertz CT molecular complexity index is 1340. The summed E-state index contributed by atoms with van der Waals surface area (Å²) in [6, 6.07) is 8.00. The fourth-order valence-corrected chi connectivity index (χ4v) is 5.14. The molecule has 5 unspecified atom stereocenters. The number of nitrogens with zero attached hydrogens (tertiary/aromatic N) is 3. The number of carbonyl (C=O) groups excluding carboxylic acids is 1. The van der Waals surface area contributed by atoms with Crippen LogP contribution >= 0.6 is 0 Å². The zero-order valence-corrected chi connectivity index (χ0v) is 20.6. The molecule has 8 nitrogen and oxygen atoms in total. The number of hydrogen-bond acceptors (Lipinski definition) is 7. The summed E-state index contributed by atoms with van der Waals surface area (Å²) in [5, 5.41) is 24.3. The molecule has 5 rings (SSSR count). The van der Waals surface area contributed by atoms with Crippen LogP contribution in [0.3, 0.4) is 0 Å². The molecule has 1 saturated heterocycles. The van der Waals surface area contributed by atoms with Crippen molar-refractivity contribution in [1.82, 2.24) is 15.0 Å². The highest BCUT2D eigenvalue weighted by Crippen LogP contribution is 2.39. The van der Waals surface area contributed by atoms with E-state index in [4.69, 9.17) is 4.74 Å². The maximum atomic E-state index is 15.3. The third kappa shape index (κ3) is 5.16. The minimum Gasteiger partial charge on any atom is -0.390 e. The predicted molar refractivity (Wildman–Crippen MR) is 135 cm³/mol. The molecule has 0 radical (unpaired) electrons. The molecule has 1 amide bonds. The highest BCUT2D eigenvalue weighted by molar-refractivity contribution is 6.03. The van der Waals surface area contributed by atoms with Gasteiger partial charge in [0.25, 0.3) is 5.91 Å². The lowest BCUT2D eigenvalue weighted by Crippen LogP contribution is -2.45. The number of aliphatic hydroxyl groups excluding tert-OH is 2. The van der Waals surface area contributed by atoms with Gasteiger partial charge in [0, 0.05) is 30.3 Å². The van der Waals surface area contributed by atoms with Gasteiger partial charge in [-0.25, -0.2) is 14.4 Å². The summed E-state index contributed by atoms with van der Waals surface area (Å²) in [6.45, 7) is 3.93. The summed E-state index contributed by atoms with van der Waals surface area (Å²) < 4.78 is 21.6. The predicted octanol–water partition coefficient (Wildman–Crippen LogP) is 4.33. The van der Waals surface area contributed by atoms with Crippen molar-refractivity contribution in [1.29, 1.82) is 0 Å². The number of allylic oxidation sites excluding steroid dienone is 2. The van der Waals surface area contributed by atoms with Crippen LogP contribution in [0.15, 0.2) is 60.6 Å². The molecular formula is C28H29FN4O4. The van der Waals surface area contributed by atoms with Gasteiger partial charge in [0.1, 0.15) is 17.6 Å². The lowest BCUT2D eigenvalue weighted by Gasteiger charge is -2.38. The monoisotopic (exact) mass is 504 g/mol. The standard InChI is InChI=1S/C28H29FN4O4/c1-15(2)12-16-6-7-23-26(35)22(34)13-24(37-23)18-8-10-30-14-21(18)33-28(36)20-9-11-31-27(32-20)25-17(16)4-3-5-19(25)29/h3-5,8-12,14,16,22-24,26,34-35H,6-7,13H2,1-2H3,(H,33,36). The molecule has 1 fully saturated rings. The smallest absolute Gasteiger partial charge is 0.274 e. The number of carbonyl (C=O) groups is 1. The van der Waals surface area contributed by atoms with Crippen LogP contribution in [-0.4, -0.2) is 49.4 Å². The summed E-state index contributed by atoms with van der Waals surface area (Å²) in [4.78, 5) is 26.1. The van der Waals surface area contributed by atoms with Gasteiger partial charge in [-0.2, -0.15) is 0 Å². The molecule has 5 atom stereocenters. The lowest BCUT2D eigenvalue weighted by molar-refractivity contribution is -0.172. The number of pyridine rings is 1. The zero-order valence-electron chi connectivity index (χ0n) is 20.6. The number of amides is 1. The van der Waals surface area contributed by atoms with E-state index in [1.165, 1.54) is 24.5 Å².